The van der Waals surface area contributed by atoms with Gasteiger partial charge in [-0.05, 0) is 24.5 Å². The molecule has 0 bridgehead atoms. The highest BCUT2D eigenvalue weighted by Gasteiger charge is 2.29. The topological polar surface area (TPSA) is 72.2 Å². The molecule has 0 saturated heterocycles. The Bertz CT molecular complexity index is 556. The lowest BCUT2D eigenvalue weighted by Crippen LogP contribution is -2.41. The number of nitrogens with one attached hydrogen (secondary N) is 1. The summed E-state index contributed by atoms with van der Waals surface area (Å²) in [5.74, 6) is -3.28. The molecule has 0 fully saturated rings. The molecule has 0 aliphatic rings. The van der Waals surface area contributed by atoms with Crippen LogP contribution in [-0.4, -0.2) is 33.7 Å². The normalized spacial score (nSPS) is 12.1. The summed E-state index contributed by atoms with van der Waals surface area (Å²) >= 11 is 7.22. The van der Waals surface area contributed by atoms with Gasteiger partial charge in [0.15, 0.2) is 0 Å². The quantitative estimate of drug-likeness (QED) is 0.758. The van der Waals surface area contributed by atoms with Crippen LogP contribution >= 0.6 is 35.8 Å². The van der Waals surface area contributed by atoms with Gasteiger partial charge in [0.1, 0.15) is 0 Å². The maximum atomic E-state index is 12.9. The minimum absolute atomic E-state index is 0. The molecule has 0 unspecified atom stereocenters. The molecule has 0 aliphatic heterocycles. The zero-order valence-corrected chi connectivity index (χ0v) is 13.6. The van der Waals surface area contributed by atoms with Crippen molar-refractivity contribution in [2.24, 2.45) is 5.73 Å². The van der Waals surface area contributed by atoms with Crippen LogP contribution in [0.25, 0.3) is 0 Å². The van der Waals surface area contributed by atoms with E-state index in [0.29, 0.717) is 4.90 Å². The van der Waals surface area contributed by atoms with Crippen LogP contribution in [0.2, 0.25) is 5.02 Å². The molecule has 10 heteroatoms. The van der Waals surface area contributed by atoms with Crippen LogP contribution in [0.15, 0.2) is 28.0 Å². The predicted octanol–water partition coefficient (Wildman–Crippen LogP) is 2.36. The van der Waals surface area contributed by atoms with E-state index in [4.69, 9.17) is 17.3 Å². The Morgan fingerprint density at radius 2 is 2.05 bits per heavy atom. The van der Waals surface area contributed by atoms with Gasteiger partial charge in [-0.15, -0.1) is 24.2 Å². The van der Waals surface area contributed by atoms with Gasteiger partial charge in [-0.1, -0.05) is 11.6 Å². The number of hydrogen-bond donors (Lipinski definition) is 2. The van der Waals surface area contributed by atoms with Crippen LogP contribution < -0.4 is 10.5 Å². The molecule has 0 aliphatic carbocycles. The van der Waals surface area contributed by atoms with E-state index < -0.39 is 29.0 Å². The zero-order chi connectivity index (χ0) is 14.7. The van der Waals surface area contributed by atoms with Gasteiger partial charge >= 0.3 is 0 Å². The van der Waals surface area contributed by atoms with Crippen molar-refractivity contribution >= 4 is 45.8 Å². The minimum Gasteiger partial charge on any atom is -0.325 e. The molecule has 0 heterocycles. The monoisotopic (exact) mass is 366 g/mol. The van der Waals surface area contributed by atoms with Crippen LogP contribution in [0, 0.1) is 0 Å². The summed E-state index contributed by atoms with van der Waals surface area (Å²) in [5, 5.41) is 0.251. The second-order valence-corrected chi connectivity index (χ2v) is 6.70. The van der Waals surface area contributed by atoms with E-state index in [1.807, 2.05) is 4.72 Å². The molecule has 116 valence electrons. The molecular formula is C10H14Cl2F2N2O2S2. The van der Waals surface area contributed by atoms with E-state index in [-0.39, 0.29) is 22.3 Å². The average Bonchev–Trinajstić information content (AvgIpc) is 2.36. The van der Waals surface area contributed by atoms with E-state index in [2.05, 4.69) is 0 Å². The molecule has 0 spiro atoms. The summed E-state index contributed by atoms with van der Waals surface area (Å²) < 4.78 is 51.2. The van der Waals surface area contributed by atoms with Crippen LogP contribution in [0.3, 0.4) is 0 Å². The summed E-state index contributed by atoms with van der Waals surface area (Å²) in [6.07, 6.45) is 1.79. The summed E-state index contributed by atoms with van der Waals surface area (Å²) in [6.45, 7) is -1.98. The van der Waals surface area contributed by atoms with Gasteiger partial charge in [0.25, 0.3) is 5.92 Å². The van der Waals surface area contributed by atoms with Crippen molar-refractivity contribution in [3.05, 3.63) is 23.2 Å². The molecule has 4 nitrogen and oxygen atoms in total. The van der Waals surface area contributed by atoms with E-state index in [9.17, 15) is 17.2 Å². The third kappa shape index (κ3) is 5.34. The lowest BCUT2D eigenvalue weighted by Gasteiger charge is -2.15. The van der Waals surface area contributed by atoms with Crippen LogP contribution in [0.4, 0.5) is 8.78 Å². The second-order valence-electron chi connectivity index (χ2n) is 3.68. The van der Waals surface area contributed by atoms with Crippen molar-refractivity contribution in [3.63, 3.8) is 0 Å². The third-order valence-electron chi connectivity index (χ3n) is 2.25. The number of benzene rings is 1. The first kappa shape index (κ1) is 19.9. The van der Waals surface area contributed by atoms with Gasteiger partial charge < -0.3 is 5.73 Å². The molecule has 0 amide bonds. The van der Waals surface area contributed by atoms with E-state index >= 15 is 0 Å². The molecule has 1 rings (SSSR count). The average molecular weight is 367 g/mol. The number of nitrogens with two attached hydrogens (primary N) is 1. The van der Waals surface area contributed by atoms with Crippen molar-refractivity contribution in [2.75, 3.05) is 19.3 Å². The maximum Gasteiger partial charge on any atom is 0.273 e. The van der Waals surface area contributed by atoms with Gasteiger partial charge in [0, 0.05) is 4.90 Å². The van der Waals surface area contributed by atoms with E-state index in [1.54, 1.807) is 6.26 Å². The fourth-order valence-electron chi connectivity index (χ4n) is 1.17. The van der Waals surface area contributed by atoms with Gasteiger partial charge in [-0.3, -0.25) is 0 Å². The fraction of sp³-hybridized carbons (Fsp3) is 0.400. The van der Waals surface area contributed by atoms with E-state index in [0.717, 1.165) is 0 Å². The molecule has 1 aromatic carbocycles. The second kappa shape index (κ2) is 7.77. The Labute approximate surface area is 131 Å². The number of halogens is 4. The van der Waals surface area contributed by atoms with Gasteiger partial charge in [-0.25, -0.2) is 21.9 Å². The maximum absolute atomic E-state index is 12.9. The number of alkyl halides is 2. The van der Waals surface area contributed by atoms with Crippen molar-refractivity contribution < 1.29 is 17.2 Å². The van der Waals surface area contributed by atoms with Crippen molar-refractivity contribution in [3.8, 4) is 0 Å². The lowest BCUT2D eigenvalue weighted by molar-refractivity contribution is 0.0170. The van der Waals surface area contributed by atoms with Crippen LogP contribution in [-0.2, 0) is 10.0 Å². The molecule has 1 aromatic rings. The Kier molecular flexibility index (Phi) is 7.72. The highest BCUT2D eigenvalue weighted by molar-refractivity contribution is 7.98. The van der Waals surface area contributed by atoms with E-state index in [1.165, 1.54) is 30.0 Å². The molecule has 0 saturated carbocycles. The standard InChI is InChI=1S/C10H13ClF2N2O2S2.ClH/c1-18-9-3-2-7(4-8(9)11)19(16,17)15-6-10(12,13)5-14;/h2-4,15H,5-6,14H2,1H3;1H. The molecule has 3 N–H and O–H groups in total. The summed E-state index contributed by atoms with van der Waals surface area (Å²) in [5.41, 5.74) is 4.83. The zero-order valence-electron chi connectivity index (χ0n) is 10.4. The van der Waals surface area contributed by atoms with Gasteiger partial charge in [0.2, 0.25) is 10.0 Å². The predicted molar refractivity (Wildman–Crippen MR) is 79.7 cm³/mol. The van der Waals surface area contributed by atoms with Crippen molar-refractivity contribution in [1.82, 2.24) is 4.72 Å². The van der Waals surface area contributed by atoms with Crippen LogP contribution in [0.1, 0.15) is 0 Å². The molecular weight excluding hydrogens is 353 g/mol. The number of sulfonamides is 1. The summed E-state index contributed by atoms with van der Waals surface area (Å²) in [7, 11) is -4.03. The third-order valence-corrected chi connectivity index (χ3v) is 4.87. The molecule has 0 aromatic heterocycles. The summed E-state index contributed by atoms with van der Waals surface area (Å²) in [6, 6.07) is 4.04. The largest absolute Gasteiger partial charge is 0.325 e. The minimum atomic E-state index is -4.03. The Hall–Kier alpha value is -0.120. The first-order valence-electron chi connectivity index (χ1n) is 5.13. The Balaban J connectivity index is 0.00000361. The Morgan fingerprint density at radius 1 is 1.45 bits per heavy atom. The lowest BCUT2D eigenvalue weighted by atomic mass is 10.3. The summed E-state index contributed by atoms with van der Waals surface area (Å²) in [4.78, 5) is 0.538. The highest BCUT2D eigenvalue weighted by atomic mass is 35.5. The van der Waals surface area contributed by atoms with Crippen molar-refractivity contribution in [2.45, 2.75) is 15.7 Å². The first-order chi connectivity index (χ1) is 8.72. The SMILES string of the molecule is CSc1ccc(S(=O)(=O)NCC(F)(F)CN)cc1Cl.Cl. The van der Waals surface area contributed by atoms with Gasteiger partial charge in [0.05, 0.1) is 23.0 Å². The number of thioether (sulfide) groups is 1. The molecule has 20 heavy (non-hydrogen) atoms. The number of rotatable bonds is 6. The van der Waals surface area contributed by atoms with Crippen LogP contribution in [0.5, 0.6) is 0 Å². The van der Waals surface area contributed by atoms with Crippen molar-refractivity contribution in [1.29, 1.82) is 0 Å². The Morgan fingerprint density at radius 3 is 2.50 bits per heavy atom. The smallest absolute Gasteiger partial charge is 0.273 e. The molecule has 0 atom stereocenters. The van der Waals surface area contributed by atoms with Gasteiger partial charge in [-0.2, -0.15) is 0 Å². The highest BCUT2D eigenvalue weighted by Crippen LogP contribution is 2.27. The first-order valence-corrected chi connectivity index (χ1v) is 8.21. The molecule has 0 radical (unpaired) electrons. The fourth-order valence-corrected chi connectivity index (χ4v) is 3.19. The number of hydrogen-bond acceptors (Lipinski definition) is 4.